The van der Waals surface area contributed by atoms with Crippen molar-refractivity contribution in [2.24, 2.45) is 0 Å². The molecule has 0 aliphatic carbocycles. The number of phenolic OH excluding ortho intramolecular Hbond substituents is 1. The minimum absolute atomic E-state index is 0.00820. The van der Waals surface area contributed by atoms with E-state index in [0.717, 1.165) is 5.56 Å². The van der Waals surface area contributed by atoms with Crippen LogP contribution in [-0.4, -0.2) is 60.5 Å². The Morgan fingerprint density at radius 2 is 2.08 bits per heavy atom. The number of ether oxygens (including phenoxy) is 1. The zero-order valence-electron chi connectivity index (χ0n) is 14.6. The summed E-state index contributed by atoms with van der Waals surface area (Å²) in [5.74, 6) is -1.45. The molecule has 1 N–H and O–H groups in total. The van der Waals surface area contributed by atoms with Gasteiger partial charge in [0.05, 0.1) is 11.5 Å². The Labute approximate surface area is 147 Å². The summed E-state index contributed by atoms with van der Waals surface area (Å²) < 4.78 is 28.5. The summed E-state index contributed by atoms with van der Waals surface area (Å²) in [5.41, 5.74) is 0.765. The fraction of sp³-hybridized carbons (Fsp3) is 0.529. The predicted molar refractivity (Wildman–Crippen MR) is 92.2 cm³/mol. The molecule has 1 amide bonds. The third kappa shape index (κ3) is 4.50. The van der Waals surface area contributed by atoms with E-state index in [4.69, 9.17) is 4.74 Å². The second-order valence-electron chi connectivity index (χ2n) is 6.25. The molecule has 1 fully saturated rings. The Morgan fingerprint density at radius 1 is 1.40 bits per heavy atom. The molecule has 1 aliphatic rings. The molecule has 0 bridgehead atoms. The van der Waals surface area contributed by atoms with Gasteiger partial charge in [-0.1, -0.05) is 11.6 Å². The van der Waals surface area contributed by atoms with Crippen LogP contribution in [0.2, 0.25) is 0 Å². The molecular weight excluding hydrogens is 346 g/mol. The van der Waals surface area contributed by atoms with Gasteiger partial charge in [-0.3, -0.25) is 4.79 Å². The molecule has 0 saturated carbocycles. The van der Waals surface area contributed by atoms with Crippen LogP contribution in [-0.2, 0) is 19.4 Å². The van der Waals surface area contributed by atoms with E-state index in [1.807, 2.05) is 0 Å². The Bertz CT molecular complexity index is 773. The molecule has 0 radical (unpaired) electrons. The highest BCUT2D eigenvalue weighted by Crippen LogP contribution is 2.22. The summed E-state index contributed by atoms with van der Waals surface area (Å²) in [5, 5.41) is 9.78. The lowest BCUT2D eigenvalue weighted by atomic mass is 10.1. The average molecular weight is 369 g/mol. The van der Waals surface area contributed by atoms with Crippen molar-refractivity contribution in [3.8, 4) is 5.75 Å². The molecule has 1 heterocycles. The molecule has 1 saturated heterocycles. The SMILES string of the molecule is CCN(C(=O)[C@@H](C)OC(=O)c1cc(C)ccc1O)[C@@H]1CCS(=O)(=O)C1. The second-order valence-corrected chi connectivity index (χ2v) is 8.48. The van der Waals surface area contributed by atoms with Crippen LogP contribution in [0.15, 0.2) is 18.2 Å². The summed E-state index contributed by atoms with van der Waals surface area (Å²) in [6, 6.07) is 4.13. The van der Waals surface area contributed by atoms with E-state index >= 15 is 0 Å². The van der Waals surface area contributed by atoms with Gasteiger partial charge >= 0.3 is 5.97 Å². The van der Waals surface area contributed by atoms with Crippen LogP contribution < -0.4 is 0 Å². The number of benzene rings is 1. The molecule has 0 unspecified atom stereocenters. The first-order chi connectivity index (χ1) is 11.6. The number of carbonyl (C=O) groups is 2. The largest absolute Gasteiger partial charge is 0.507 e. The summed E-state index contributed by atoms with van der Waals surface area (Å²) in [6.45, 7) is 5.30. The normalized spacial score (nSPS) is 20.0. The Morgan fingerprint density at radius 3 is 2.64 bits per heavy atom. The molecule has 2 rings (SSSR count). The molecule has 138 valence electrons. The van der Waals surface area contributed by atoms with Gasteiger partial charge in [0.1, 0.15) is 11.3 Å². The van der Waals surface area contributed by atoms with Crippen LogP contribution in [0.1, 0.15) is 36.2 Å². The highest BCUT2D eigenvalue weighted by atomic mass is 32.2. The highest BCUT2D eigenvalue weighted by molar-refractivity contribution is 7.91. The maximum Gasteiger partial charge on any atom is 0.342 e. The number of esters is 1. The van der Waals surface area contributed by atoms with Crippen molar-refractivity contribution in [1.82, 2.24) is 4.90 Å². The van der Waals surface area contributed by atoms with E-state index in [-0.39, 0.29) is 22.8 Å². The number of phenols is 1. The third-order valence-electron chi connectivity index (χ3n) is 4.28. The van der Waals surface area contributed by atoms with E-state index in [9.17, 15) is 23.1 Å². The average Bonchev–Trinajstić information content (AvgIpc) is 2.89. The number of nitrogens with zero attached hydrogens (tertiary/aromatic N) is 1. The van der Waals surface area contributed by atoms with Crippen molar-refractivity contribution < 1.29 is 27.9 Å². The summed E-state index contributed by atoms with van der Waals surface area (Å²) in [4.78, 5) is 26.2. The van der Waals surface area contributed by atoms with Crippen LogP contribution in [0.4, 0.5) is 0 Å². The van der Waals surface area contributed by atoms with E-state index in [0.29, 0.717) is 13.0 Å². The monoisotopic (exact) mass is 369 g/mol. The van der Waals surface area contributed by atoms with Crippen molar-refractivity contribution in [2.45, 2.75) is 39.3 Å². The first-order valence-corrected chi connectivity index (χ1v) is 9.98. The van der Waals surface area contributed by atoms with E-state index < -0.39 is 33.9 Å². The van der Waals surface area contributed by atoms with Gasteiger partial charge in [-0.05, 0) is 39.3 Å². The lowest BCUT2D eigenvalue weighted by Gasteiger charge is -2.29. The number of aromatic hydroxyl groups is 1. The van der Waals surface area contributed by atoms with E-state index in [1.54, 1.807) is 19.9 Å². The Kier molecular flexibility index (Phi) is 5.72. The van der Waals surface area contributed by atoms with Gasteiger partial charge in [0, 0.05) is 12.6 Å². The maximum absolute atomic E-state index is 12.6. The maximum atomic E-state index is 12.6. The van der Waals surface area contributed by atoms with Crippen LogP contribution in [0, 0.1) is 6.92 Å². The second kappa shape index (κ2) is 7.43. The fourth-order valence-electron chi connectivity index (χ4n) is 2.94. The van der Waals surface area contributed by atoms with Gasteiger partial charge in [-0.15, -0.1) is 0 Å². The standard InChI is InChI=1S/C17H23NO6S/c1-4-18(13-7-8-25(22,23)10-13)16(20)12(3)24-17(21)14-9-11(2)5-6-15(14)19/h5-6,9,12-13,19H,4,7-8,10H2,1-3H3/t12-,13-/m1/s1. The molecular formula is C17H23NO6S. The molecule has 1 aromatic carbocycles. The van der Waals surface area contributed by atoms with Crippen molar-refractivity contribution in [3.63, 3.8) is 0 Å². The smallest absolute Gasteiger partial charge is 0.342 e. The molecule has 25 heavy (non-hydrogen) atoms. The number of hydrogen-bond donors (Lipinski definition) is 1. The topological polar surface area (TPSA) is 101 Å². The number of aryl methyl sites for hydroxylation is 1. The van der Waals surface area contributed by atoms with Gasteiger partial charge in [-0.25, -0.2) is 13.2 Å². The van der Waals surface area contributed by atoms with Crippen LogP contribution in [0.25, 0.3) is 0 Å². The van der Waals surface area contributed by atoms with Crippen molar-refractivity contribution in [2.75, 3.05) is 18.1 Å². The highest BCUT2D eigenvalue weighted by Gasteiger charge is 2.36. The first-order valence-electron chi connectivity index (χ1n) is 8.16. The predicted octanol–water partition coefficient (Wildman–Crippen LogP) is 1.28. The van der Waals surface area contributed by atoms with Gasteiger partial charge in [0.15, 0.2) is 15.9 Å². The zero-order chi connectivity index (χ0) is 18.8. The lowest BCUT2D eigenvalue weighted by Crippen LogP contribution is -2.46. The molecule has 8 heteroatoms. The summed E-state index contributed by atoms with van der Waals surface area (Å²) in [7, 11) is -3.12. The number of likely N-dealkylation sites (N-methyl/N-ethyl adjacent to an activating group) is 1. The van der Waals surface area contributed by atoms with Gasteiger partial charge in [-0.2, -0.15) is 0 Å². The van der Waals surface area contributed by atoms with Crippen LogP contribution in [0.5, 0.6) is 5.75 Å². The first kappa shape index (κ1) is 19.2. The molecule has 1 aliphatic heterocycles. The van der Waals surface area contributed by atoms with Crippen molar-refractivity contribution >= 4 is 21.7 Å². The molecule has 2 atom stereocenters. The summed E-state index contributed by atoms with van der Waals surface area (Å²) >= 11 is 0. The number of carbonyl (C=O) groups excluding carboxylic acids is 2. The Hall–Kier alpha value is -2.09. The van der Waals surface area contributed by atoms with E-state index in [2.05, 4.69) is 0 Å². The van der Waals surface area contributed by atoms with E-state index in [1.165, 1.54) is 24.0 Å². The molecule has 7 nitrogen and oxygen atoms in total. The lowest BCUT2D eigenvalue weighted by molar-refractivity contribution is -0.141. The molecule has 0 spiro atoms. The van der Waals surface area contributed by atoms with Crippen molar-refractivity contribution in [3.05, 3.63) is 29.3 Å². The van der Waals surface area contributed by atoms with Gasteiger partial charge in [0.25, 0.3) is 5.91 Å². The molecule has 0 aromatic heterocycles. The van der Waals surface area contributed by atoms with Crippen LogP contribution in [0.3, 0.4) is 0 Å². The van der Waals surface area contributed by atoms with Gasteiger partial charge < -0.3 is 14.7 Å². The zero-order valence-corrected chi connectivity index (χ0v) is 15.4. The van der Waals surface area contributed by atoms with Crippen LogP contribution >= 0.6 is 0 Å². The van der Waals surface area contributed by atoms with Crippen molar-refractivity contribution in [1.29, 1.82) is 0 Å². The Balaban J connectivity index is 2.08. The number of amides is 1. The quantitative estimate of drug-likeness (QED) is 0.785. The third-order valence-corrected chi connectivity index (χ3v) is 6.03. The van der Waals surface area contributed by atoms with Gasteiger partial charge in [0.2, 0.25) is 0 Å². The number of rotatable bonds is 5. The number of sulfone groups is 1. The minimum atomic E-state index is -3.12. The summed E-state index contributed by atoms with van der Waals surface area (Å²) in [6.07, 6.45) is -0.683. The molecule has 1 aromatic rings. The fourth-order valence-corrected chi connectivity index (χ4v) is 4.67. The number of hydrogen-bond acceptors (Lipinski definition) is 6. The minimum Gasteiger partial charge on any atom is -0.507 e.